The zero-order valence-corrected chi connectivity index (χ0v) is 13.7. The lowest BCUT2D eigenvalue weighted by Gasteiger charge is -2.20. The van der Waals surface area contributed by atoms with Crippen molar-refractivity contribution in [3.63, 3.8) is 0 Å². The predicted octanol–water partition coefficient (Wildman–Crippen LogP) is 2.50. The molecule has 0 radical (unpaired) electrons. The Morgan fingerprint density at radius 1 is 1.17 bits per heavy atom. The number of carbonyl (C=O) groups excluding carboxylic acids is 2. The molecule has 1 amide bonds. The zero-order chi connectivity index (χ0) is 16.6. The fourth-order valence-corrected chi connectivity index (χ4v) is 2.76. The lowest BCUT2D eigenvalue weighted by molar-refractivity contribution is -0.155. The van der Waals surface area contributed by atoms with Crippen LogP contribution in [0.3, 0.4) is 0 Å². The number of ether oxygens (including phenoxy) is 1. The molecule has 23 heavy (non-hydrogen) atoms. The van der Waals surface area contributed by atoms with E-state index in [0.29, 0.717) is 12.5 Å². The van der Waals surface area contributed by atoms with Crippen LogP contribution in [0.15, 0.2) is 24.3 Å². The van der Waals surface area contributed by atoms with E-state index in [2.05, 4.69) is 4.98 Å². The third kappa shape index (κ3) is 3.21. The van der Waals surface area contributed by atoms with Crippen LogP contribution in [0.5, 0.6) is 0 Å². The van der Waals surface area contributed by atoms with Crippen molar-refractivity contribution in [3.8, 4) is 0 Å². The van der Waals surface area contributed by atoms with Gasteiger partial charge in [0.2, 0.25) is 11.9 Å². The van der Waals surface area contributed by atoms with Crippen LogP contribution in [-0.2, 0) is 20.9 Å². The van der Waals surface area contributed by atoms with Crippen molar-refractivity contribution in [3.05, 3.63) is 24.3 Å². The van der Waals surface area contributed by atoms with Crippen molar-refractivity contribution in [2.45, 2.75) is 45.8 Å². The monoisotopic (exact) mass is 315 g/mol. The zero-order valence-electron chi connectivity index (χ0n) is 13.7. The molecule has 1 aliphatic heterocycles. The number of amides is 1. The Bertz CT molecular complexity index is 758. The highest BCUT2D eigenvalue weighted by Crippen LogP contribution is 2.27. The smallest absolute Gasteiger partial charge is 0.306 e. The molecule has 3 rings (SSSR count). The highest BCUT2D eigenvalue weighted by atomic mass is 16.6. The second kappa shape index (κ2) is 5.68. The third-order valence-corrected chi connectivity index (χ3v) is 3.69. The van der Waals surface area contributed by atoms with Crippen LogP contribution in [0.1, 0.15) is 33.6 Å². The Kier molecular flexibility index (Phi) is 3.83. The molecule has 122 valence electrons. The second-order valence-corrected chi connectivity index (χ2v) is 6.68. The topological polar surface area (TPSA) is 64.4 Å². The SMILES string of the molecule is CC(C)(C)OC(=O)CCC(=O)N1CCn2c1nc1ccccc12. The molecule has 0 N–H and O–H groups in total. The molecule has 2 aromatic rings. The quantitative estimate of drug-likeness (QED) is 0.816. The standard InChI is InChI=1S/C17H21N3O3/c1-17(2,3)23-15(22)9-8-14(21)20-11-10-19-13-7-5-4-6-12(13)18-16(19)20/h4-7H,8-11H2,1-3H3. The van der Waals surface area contributed by atoms with Gasteiger partial charge in [-0.05, 0) is 32.9 Å². The fourth-order valence-electron chi connectivity index (χ4n) is 2.76. The van der Waals surface area contributed by atoms with Gasteiger partial charge in [0.05, 0.1) is 17.5 Å². The average molecular weight is 315 g/mol. The van der Waals surface area contributed by atoms with E-state index in [1.54, 1.807) is 4.90 Å². The lowest BCUT2D eigenvalue weighted by atomic mass is 10.2. The Morgan fingerprint density at radius 3 is 2.65 bits per heavy atom. The molecular weight excluding hydrogens is 294 g/mol. The number of fused-ring (bicyclic) bond motifs is 3. The maximum atomic E-state index is 12.4. The van der Waals surface area contributed by atoms with Crippen LogP contribution in [-0.4, -0.2) is 33.6 Å². The summed E-state index contributed by atoms with van der Waals surface area (Å²) in [6.45, 7) is 6.77. The lowest BCUT2D eigenvalue weighted by Crippen LogP contribution is -2.30. The van der Waals surface area contributed by atoms with Gasteiger partial charge in [0.25, 0.3) is 0 Å². The fraction of sp³-hybridized carbons (Fsp3) is 0.471. The van der Waals surface area contributed by atoms with Gasteiger partial charge in [0.1, 0.15) is 5.60 Å². The maximum Gasteiger partial charge on any atom is 0.306 e. The highest BCUT2D eigenvalue weighted by molar-refractivity contribution is 5.96. The second-order valence-electron chi connectivity index (χ2n) is 6.68. The van der Waals surface area contributed by atoms with Crippen molar-refractivity contribution >= 4 is 28.9 Å². The summed E-state index contributed by atoms with van der Waals surface area (Å²) < 4.78 is 7.28. The molecular formula is C17H21N3O3. The van der Waals surface area contributed by atoms with Crippen LogP contribution in [0.25, 0.3) is 11.0 Å². The number of rotatable bonds is 3. The van der Waals surface area contributed by atoms with Gasteiger partial charge in [-0.15, -0.1) is 0 Å². The van der Waals surface area contributed by atoms with E-state index in [1.807, 2.05) is 49.6 Å². The summed E-state index contributed by atoms with van der Waals surface area (Å²) in [4.78, 5) is 30.4. The molecule has 0 saturated heterocycles. The van der Waals surface area contributed by atoms with Gasteiger partial charge in [-0.25, -0.2) is 4.98 Å². The predicted molar refractivity (Wildman–Crippen MR) is 87.2 cm³/mol. The van der Waals surface area contributed by atoms with E-state index >= 15 is 0 Å². The van der Waals surface area contributed by atoms with Crippen LogP contribution < -0.4 is 4.90 Å². The number of nitrogens with zero attached hydrogens (tertiary/aromatic N) is 3. The van der Waals surface area contributed by atoms with Gasteiger partial charge in [-0.3, -0.25) is 14.5 Å². The van der Waals surface area contributed by atoms with E-state index in [4.69, 9.17) is 4.74 Å². The molecule has 6 nitrogen and oxygen atoms in total. The van der Waals surface area contributed by atoms with Crippen molar-refractivity contribution in [1.29, 1.82) is 0 Å². The maximum absolute atomic E-state index is 12.4. The van der Waals surface area contributed by atoms with E-state index in [9.17, 15) is 9.59 Å². The number of para-hydroxylation sites is 2. The van der Waals surface area contributed by atoms with Gasteiger partial charge < -0.3 is 9.30 Å². The molecule has 1 aromatic carbocycles. The van der Waals surface area contributed by atoms with Crippen molar-refractivity contribution < 1.29 is 14.3 Å². The number of imidazole rings is 1. The van der Waals surface area contributed by atoms with Gasteiger partial charge in [0.15, 0.2) is 0 Å². The molecule has 1 aromatic heterocycles. The molecule has 0 saturated carbocycles. The van der Waals surface area contributed by atoms with E-state index in [0.717, 1.165) is 17.6 Å². The first-order valence-corrected chi connectivity index (χ1v) is 7.83. The largest absolute Gasteiger partial charge is 0.460 e. The highest BCUT2D eigenvalue weighted by Gasteiger charge is 2.28. The number of benzene rings is 1. The van der Waals surface area contributed by atoms with Crippen molar-refractivity contribution in [2.75, 3.05) is 11.4 Å². The van der Waals surface area contributed by atoms with E-state index < -0.39 is 5.60 Å². The molecule has 0 aliphatic carbocycles. The molecule has 6 heteroatoms. The number of hydrogen-bond acceptors (Lipinski definition) is 4. The van der Waals surface area contributed by atoms with Crippen molar-refractivity contribution in [2.24, 2.45) is 0 Å². The number of hydrogen-bond donors (Lipinski definition) is 0. The summed E-state index contributed by atoms with van der Waals surface area (Å²) in [5, 5.41) is 0. The summed E-state index contributed by atoms with van der Waals surface area (Å²) in [5.74, 6) is 0.226. The minimum Gasteiger partial charge on any atom is -0.460 e. The van der Waals surface area contributed by atoms with Gasteiger partial charge in [-0.2, -0.15) is 0 Å². The number of esters is 1. The Hall–Kier alpha value is -2.37. The first-order valence-electron chi connectivity index (χ1n) is 7.83. The summed E-state index contributed by atoms with van der Waals surface area (Å²) in [5.41, 5.74) is 1.39. The third-order valence-electron chi connectivity index (χ3n) is 3.69. The van der Waals surface area contributed by atoms with Gasteiger partial charge >= 0.3 is 5.97 Å². The molecule has 0 bridgehead atoms. The first kappa shape index (κ1) is 15.5. The molecule has 0 unspecified atom stereocenters. The van der Waals surface area contributed by atoms with E-state index in [1.165, 1.54) is 0 Å². The number of aromatic nitrogens is 2. The Morgan fingerprint density at radius 2 is 1.91 bits per heavy atom. The minimum absolute atomic E-state index is 0.0901. The van der Waals surface area contributed by atoms with Crippen LogP contribution in [0, 0.1) is 0 Å². The average Bonchev–Trinajstić information content (AvgIpc) is 3.01. The van der Waals surface area contributed by atoms with Gasteiger partial charge in [0, 0.05) is 19.5 Å². The van der Waals surface area contributed by atoms with E-state index in [-0.39, 0.29) is 24.7 Å². The Labute approximate surface area is 135 Å². The van der Waals surface area contributed by atoms with Crippen LogP contribution in [0.2, 0.25) is 0 Å². The number of carbonyl (C=O) groups is 2. The molecule has 0 spiro atoms. The number of anilines is 1. The summed E-state index contributed by atoms with van der Waals surface area (Å²) in [6, 6.07) is 7.83. The molecule has 2 heterocycles. The normalized spacial score (nSPS) is 14.1. The van der Waals surface area contributed by atoms with Crippen LogP contribution >= 0.6 is 0 Å². The van der Waals surface area contributed by atoms with Gasteiger partial charge in [-0.1, -0.05) is 12.1 Å². The minimum atomic E-state index is -0.526. The summed E-state index contributed by atoms with van der Waals surface area (Å²) in [6.07, 6.45) is 0.227. The summed E-state index contributed by atoms with van der Waals surface area (Å²) >= 11 is 0. The Balaban J connectivity index is 1.68. The first-order chi connectivity index (χ1) is 10.8. The molecule has 0 atom stereocenters. The van der Waals surface area contributed by atoms with Crippen LogP contribution in [0.4, 0.5) is 5.95 Å². The summed E-state index contributed by atoms with van der Waals surface area (Å²) in [7, 11) is 0. The van der Waals surface area contributed by atoms with Crippen molar-refractivity contribution in [1.82, 2.24) is 9.55 Å². The molecule has 0 fully saturated rings. The molecule has 1 aliphatic rings.